The van der Waals surface area contributed by atoms with Crippen molar-refractivity contribution in [1.82, 2.24) is 10.3 Å². The van der Waals surface area contributed by atoms with Crippen molar-refractivity contribution in [2.45, 2.75) is 6.54 Å². The summed E-state index contributed by atoms with van der Waals surface area (Å²) in [6, 6.07) is 7.73. The van der Waals surface area contributed by atoms with Crippen LogP contribution in [0, 0.1) is 0 Å². The minimum atomic E-state index is -0.153. The van der Waals surface area contributed by atoms with Gasteiger partial charge in [0, 0.05) is 29.4 Å². The molecule has 20 heavy (non-hydrogen) atoms. The topological polar surface area (TPSA) is 55.1 Å². The van der Waals surface area contributed by atoms with Crippen LogP contribution in [0.3, 0.4) is 0 Å². The maximum atomic E-state index is 11.8. The van der Waals surface area contributed by atoms with Gasteiger partial charge in [0.2, 0.25) is 0 Å². The number of nitrogens with one attached hydrogen (secondary N) is 1. The second-order valence-corrected chi connectivity index (χ2v) is 5.20. The van der Waals surface area contributed by atoms with E-state index in [0.29, 0.717) is 12.1 Å². The zero-order valence-electron chi connectivity index (χ0n) is 10.6. The third kappa shape index (κ3) is 2.78. The molecular formula is C15H12N2O2S. The van der Waals surface area contributed by atoms with E-state index in [0.717, 1.165) is 11.1 Å². The molecule has 0 saturated heterocycles. The number of carbonyl (C=O) groups excluding carboxylic acids is 1. The van der Waals surface area contributed by atoms with Crippen LogP contribution in [-0.2, 0) is 6.54 Å². The van der Waals surface area contributed by atoms with E-state index in [1.807, 2.05) is 23.7 Å². The lowest BCUT2D eigenvalue weighted by atomic mass is 10.2. The lowest BCUT2D eigenvalue weighted by molar-refractivity contribution is 0.0950. The van der Waals surface area contributed by atoms with Gasteiger partial charge in [0.25, 0.3) is 5.91 Å². The third-order valence-corrected chi connectivity index (χ3v) is 3.76. The van der Waals surface area contributed by atoms with Gasteiger partial charge in [0.15, 0.2) is 0 Å². The molecule has 0 bridgehead atoms. The van der Waals surface area contributed by atoms with Gasteiger partial charge in [-0.25, -0.2) is 0 Å². The molecule has 0 spiro atoms. The summed E-state index contributed by atoms with van der Waals surface area (Å²) in [5, 5.41) is 4.87. The maximum absolute atomic E-state index is 11.8. The average molecular weight is 284 g/mol. The number of nitrogens with zero attached hydrogens (tertiary/aromatic N) is 1. The quantitative estimate of drug-likeness (QED) is 0.799. The van der Waals surface area contributed by atoms with Crippen LogP contribution in [0.4, 0.5) is 0 Å². The number of thiophene rings is 1. The predicted molar refractivity (Wildman–Crippen MR) is 77.4 cm³/mol. The summed E-state index contributed by atoms with van der Waals surface area (Å²) >= 11 is 1.67. The molecule has 3 aromatic heterocycles. The molecule has 0 unspecified atom stereocenters. The van der Waals surface area contributed by atoms with Gasteiger partial charge in [-0.05, 0) is 29.1 Å². The first-order chi connectivity index (χ1) is 9.83. The van der Waals surface area contributed by atoms with E-state index in [1.54, 1.807) is 23.6 Å². The molecule has 100 valence electrons. The Labute approximate surface area is 120 Å². The highest BCUT2D eigenvalue weighted by Crippen LogP contribution is 2.24. The zero-order valence-corrected chi connectivity index (χ0v) is 11.4. The van der Waals surface area contributed by atoms with E-state index in [4.69, 9.17) is 4.42 Å². The van der Waals surface area contributed by atoms with Crippen LogP contribution < -0.4 is 5.32 Å². The molecule has 0 aliphatic heterocycles. The summed E-state index contributed by atoms with van der Waals surface area (Å²) in [5.74, 6) is -0.153. The van der Waals surface area contributed by atoms with Gasteiger partial charge < -0.3 is 9.73 Å². The predicted octanol–water partition coefficient (Wildman–Crippen LogP) is 3.33. The van der Waals surface area contributed by atoms with Crippen molar-refractivity contribution in [1.29, 1.82) is 0 Å². The number of aromatic nitrogens is 1. The fourth-order valence-electron chi connectivity index (χ4n) is 1.84. The number of carbonyl (C=O) groups is 1. The van der Waals surface area contributed by atoms with Crippen molar-refractivity contribution in [3.63, 3.8) is 0 Å². The molecule has 3 rings (SSSR count). The SMILES string of the molecule is O=C(NCc1cncc(-c2cccs2)c1)c1ccoc1. The van der Waals surface area contributed by atoms with Gasteiger partial charge >= 0.3 is 0 Å². The standard InChI is InChI=1S/C15H12N2O2S/c18-15(12-3-4-19-10-12)17-8-11-6-13(9-16-7-11)14-2-1-5-20-14/h1-7,9-10H,8H2,(H,17,18). The van der Waals surface area contributed by atoms with Crippen molar-refractivity contribution in [2.75, 3.05) is 0 Å². The molecule has 3 aromatic rings. The summed E-state index contributed by atoms with van der Waals surface area (Å²) in [5.41, 5.74) is 2.55. The number of amides is 1. The van der Waals surface area contributed by atoms with Gasteiger partial charge in [-0.2, -0.15) is 0 Å². The van der Waals surface area contributed by atoms with Gasteiger partial charge in [-0.1, -0.05) is 6.07 Å². The first kappa shape index (κ1) is 12.6. The molecule has 5 heteroatoms. The van der Waals surface area contributed by atoms with Gasteiger partial charge in [0.1, 0.15) is 6.26 Å². The molecule has 0 atom stereocenters. The Hall–Kier alpha value is -2.40. The second kappa shape index (κ2) is 5.71. The molecule has 0 aromatic carbocycles. The van der Waals surface area contributed by atoms with Crippen LogP contribution in [-0.4, -0.2) is 10.9 Å². The van der Waals surface area contributed by atoms with E-state index in [1.165, 1.54) is 17.4 Å². The molecule has 0 fully saturated rings. The minimum absolute atomic E-state index is 0.153. The smallest absolute Gasteiger partial charge is 0.254 e. The number of hydrogen-bond acceptors (Lipinski definition) is 4. The minimum Gasteiger partial charge on any atom is -0.472 e. The van der Waals surface area contributed by atoms with Crippen LogP contribution in [0.1, 0.15) is 15.9 Å². The molecular weight excluding hydrogens is 272 g/mol. The van der Waals surface area contributed by atoms with Crippen molar-refractivity contribution in [3.8, 4) is 10.4 Å². The molecule has 3 heterocycles. The third-order valence-electron chi connectivity index (χ3n) is 2.84. The fraction of sp³-hybridized carbons (Fsp3) is 0.0667. The van der Waals surface area contributed by atoms with Gasteiger partial charge in [-0.15, -0.1) is 11.3 Å². The van der Waals surface area contributed by atoms with Crippen LogP contribution in [0.5, 0.6) is 0 Å². The Morgan fingerprint density at radius 1 is 1.35 bits per heavy atom. The monoisotopic (exact) mass is 284 g/mol. The summed E-state index contributed by atoms with van der Waals surface area (Å²) in [6.45, 7) is 0.441. The van der Waals surface area contributed by atoms with Gasteiger partial charge in [-0.3, -0.25) is 9.78 Å². The molecule has 0 radical (unpaired) electrons. The van der Waals surface area contributed by atoms with Crippen molar-refractivity contribution in [3.05, 3.63) is 65.7 Å². The first-order valence-electron chi connectivity index (χ1n) is 6.11. The summed E-state index contributed by atoms with van der Waals surface area (Å²) in [6.07, 6.45) is 6.49. The molecule has 4 nitrogen and oxygen atoms in total. The lowest BCUT2D eigenvalue weighted by Gasteiger charge is -2.05. The molecule has 0 saturated carbocycles. The zero-order chi connectivity index (χ0) is 13.8. The molecule has 0 aliphatic rings. The number of furan rings is 1. The number of hydrogen-bond donors (Lipinski definition) is 1. The van der Waals surface area contributed by atoms with Crippen LogP contribution in [0.25, 0.3) is 10.4 Å². The molecule has 1 amide bonds. The Balaban J connectivity index is 1.69. The number of pyridine rings is 1. The van der Waals surface area contributed by atoms with Crippen LogP contribution in [0.2, 0.25) is 0 Å². The fourth-order valence-corrected chi connectivity index (χ4v) is 2.55. The Morgan fingerprint density at radius 3 is 3.05 bits per heavy atom. The van der Waals surface area contributed by atoms with E-state index in [9.17, 15) is 4.79 Å². The summed E-state index contributed by atoms with van der Waals surface area (Å²) in [4.78, 5) is 17.2. The molecule has 1 N–H and O–H groups in total. The van der Waals surface area contributed by atoms with E-state index in [-0.39, 0.29) is 5.91 Å². The summed E-state index contributed by atoms with van der Waals surface area (Å²) in [7, 11) is 0. The normalized spacial score (nSPS) is 10.4. The Kier molecular flexibility index (Phi) is 3.60. The Morgan fingerprint density at radius 2 is 2.30 bits per heavy atom. The summed E-state index contributed by atoms with van der Waals surface area (Å²) < 4.78 is 4.88. The van der Waals surface area contributed by atoms with E-state index in [2.05, 4.69) is 16.4 Å². The first-order valence-corrected chi connectivity index (χ1v) is 6.99. The van der Waals surface area contributed by atoms with Gasteiger partial charge in [0.05, 0.1) is 11.8 Å². The van der Waals surface area contributed by atoms with Crippen molar-refractivity contribution < 1.29 is 9.21 Å². The maximum Gasteiger partial charge on any atom is 0.254 e. The molecule has 0 aliphatic carbocycles. The van der Waals surface area contributed by atoms with Crippen LogP contribution in [0.15, 0.2) is 59.0 Å². The Bertz CT molecular complexity index is 691. The van der Waals surface area contributed by atoms with Crippen molar-refractivity contribution >= 4 is 17.2 Å². The van der Waals surface area contributed by atoms with Crippen LogP contribution >= 0.6 is 11.3 Å². The average Bonchev–Trinajstić information content (AvgIpc) is 3.17. The van der Waals surface area contributed by atoms with E-state index >= 15 is 0 Å². The highest BCUT2D eigenvalue weighted by Gasteiger charge is 2.07. The van der Waals surface area contributed by atoms with Crippen molar-refractivity contribution in [2.24, 2.45) is 0 Å². The number of rotatable bonds is 4. The highest BCUT2D eigenvalue weighted by molar-refractivity contribution is 7.13. The van der Waals surface area contributed by atoms with E-state index < -0.39 is 0 Å². The highest BCUT2D eigenvalue weighted by atomic mass is 32.1. The largest absolute Gasteiger partial charge is 0.472 e. The second-order valence-electron chi connectivity index (χ2n) is 4.25. The lowest BCUT2D eigenvalue weighted by Crippen LogP contribution is -2.22.